The molecule has 4 nitrogen and oxygen atoms in total. The number of benzene rings is 3. The Bertz CT molecular complexity index is 1290. The molecule has 0 bridgehead atoms. The van der Waals surface area contributed by atoms with Gasteiger partial charge in [-0.2, -0.15) is 0 Å². The summed E-state index contributed by atoms with van der Waals surface area (Å²) in [5.41, 5.74) is 1.83. The van der Waals surface area contributed by atoms with Crippen LogP contribution in [0.2, 0.25) is 15.1 Å². The molecule has 1 fully saturated rings. The number of anilines is 1. The van der Waals surface area contributed by atoms with E-state index in [1.807, 2.05) is 18.2 Å². The molecule has 4 rings (SSSR count). The largest absolute Gasteiger partial charge is 0.364 e. The van der Waals surface area contributed by atoms with E-state index in [0.717, 1.165) is 23.4 Å². The van der Waals surface area contributed by atoms with Gasteiger partial charge in [0.15, 0.2) is 0 Å². The van der Waals surface area contributed by atoms with Crippen molar-refractivity contribution in [1.82, 2.24) is 4.72 Å². The molecule has 0 spiro atoms. The topological polar surface area (TPSA) is 49.4 Å². The predicted octanol–water partition coefficient (Wildman–Crippen LogP) is 6.86. The van der Waals surface area contributed by atoms with Crippen LogP contribution in [0.5, 0.6) is 0 Å². The molecule has 0 amide bonds. The molecule has 0 aromatic heterocycles. The number of piperidine rings is 1. The Balaban J connectivity index is 1.56. The summed E-state index contributed by atoms with van der Waals surface area (Å²) in [6.45, 7) is 0.586. The Morgan fingerprint density at radius 2 is 1.62 bits per heavy atom. The zero-order valence-electron chi connectivity index (χ0n) is 17.8. The summed E-state index contributed by atoms with van der Waals surface area (Å²) in [5.74, 6) is -1.90. The lowest BCUT2D eigenvalue weighted by Crippen LogP contribution is -2.43. The van der Waals surface area contributed by atoms with Crippen LogP contribution in [0, 0.1) is 17.6 Å². The Labute approximate surface area is 212 Å². The lowest BCUT2D eigenvalue weighted by molar-refractivity contribution is 0.358. The van der Waals surface area contributed by atoms with E-state index < -0.39 is 26.6 Å². The van der Waals surface area contributed by atoms with Crippen molar-refractivity contribution in [2.24, 2.45) is 5.92 Å². The average molecular weight is 546 g/mol. The van der Waals surface area contributed by atoms with E-state index in [1.165, 1.54) is 0 Å². The molecule has 10 heteroatoms. The minimum atomic E-state index is -4.21. The summed E-state index contributed by atoms with van der Waals surface area (Å²) in [6, 6.07) is 15.1. The van der Waals surface area contributed by atoms with Gasteiger partial charge in [-0.25, -0.2) is 21.9 Å². The van der Waals surface area contributed by atoms with Crippen LogP contribution in [-0.4, -0.2) is 21.5 Å². The molecule has 1 heterocycles. The van der Waals surface area contributed by atoms with Crippen LogP contribution in [0.15, 0.2) is 65.6 Å². The molecule has 180 valence electrons. The molecule has 1 aliphatic rings. The number of halogens is 5. The van der Waals surface area contributed by atoms with Crippen molar-refractivity contribution in [3.8, 4) is 0 Å². The SMILES string of the molecule is O=S(=O)(NC[C@H]1CC[C@H](c2ccc(Cl)cc2Cl)N(c2ccc(Cl)cc2)C1)c1cc(F)ccc1F. The molecule has 0 aliphatic carbocycles. The monoisotopic (exact) mass is 544 g/mol. The molecule has 1 N–H and O–H groups in total. The Kier molecular flexibility index (Phi) is 7.69. The second kappa shape index (κ2) is 10.4. The van der Waals surface area contributed by atoms with Gasteiger partial charge in [-0.05, 0) is 78.9 Å². The van der Waals surface area contributed by atoms with Crippen molar-refractivity contribution < 1.29 is 17.2 Å². The number of nitrogens with one attached hydrogen (secondary N) is 1. The van der Waals surface area contributed by atoms with Crippen LogP contribution in [0.3, 0.4) is 0 Å². The van der Waals surface area contributed by atoms with Gasteiger partial charge in [0.2, 0.25) is 10.0 Å². The fraction of sp³-hybridized carbons (Fsp3) is 0.250. The third kappa shape index (κ3) is 5.66. The molecular formula is C24H21Cl3F2N2O2S. The first-order chi connectivity index (χ1) is 16.1. The summed E-state index contributed by atoms with van der Waals surface area (Å²) in [7, 11) is -4.21. The predicted molar refractivity (Wildman–Crippen MR) is 132 cm³/mol. The Hall–Kier alpha value is -1.90. The standard InChI is InChI=1S/C24H21Cl3F2N2O2S/c25-16-2-6-19(7-3-16)31-14-15(1-10-23(31)20-8-4-17(26)11-21(20)27)13-30-34(32,33)24-12-18(28)5-9-22(24)29/h2-9,11-12,15,23,30H,1,10,13-14H2/t15-,23-/m1/s1. The van der Waals surface area contributed by atoms with E-state index in [9.17, 15) is 17.2 Å². The fourth-order valence-electron chi connectivity index (χ4n) is 4.21. The fourth-order valence-corrected chi connectivity index (χ4v) is 6.08. The minimum Gasteiger partial charge on any atom is -0.364 e. The minimum absolute atomic E-state index is 0.0561. The highest BCUT2D eigenvalue weighted by Crippen LogP contribution is 2.40. The van der Waals surface area contributed by atoms with E-state index in [4.69, 9.17) is 34.8 Å². The normalized spacial score (nSPS) is 18.8. The summed E-state index contributed by atoms with van der Waals surface area (Å²) >= 11 is 18.6. The zero-order chi connectivity index (χ0) is 24.5. The highest BCUT2D eigenvalue weighted by molar-refractivity contribution is 7.89. The quantitative estimate of drug-likeness (QED) is 0.368. The zero-order valence-corrected chi connectivity index (χ0v) is 20.9. The highest BCUT2D eigenvalue weighted by Gasteiger charge is 2.32. The van der Waals surface area contributed by atoms with Crippen LogP contribution in [0.4, 0.5) is 14.5 Å². The molecule has 0 saturated carbocycles. The molecule has 0 unspecified atom stereocenters. The Morgan fingerprint density at radius 3 is 2.32 bits per heavy atom. The van der Waals surface area contributed by atoms with Crippen LogP contribution in [0.25, 0.3) is 0 Å². The van der Waals surface area contributed by atoms with Crippen molar-refractivity contribution in [2.75, 3.05) is 18.0 Å². The highest BCUT2D eigenvalue weighted by atomic mass is 35.5. The average Bonchev–Trinajstić information content (AvgIpc) is 2.80. The second-order valence-electron chi connectivity index (χ2n) is 8.18. The smallest absolute Gasteiger partial charge is 0.243 e. The van der Waals surface area contributed by atoms with E-state index in [2.05, 4.69) is 9.62 Å². The van der Waals surface area contributed by atoms with Crippen molar-refractivity contribution >= 4 is 50.5 Å². The van der Waals surface area contributed by atoms with E-state index >= 15 is 0 Å². The summed E-state index contributed by atoms with van der Waals surface area (Å²) < 4.78 is 55.2. The molecule has 2 atom stereocenters. The van der Waals surface area contributed by atoms with Crippen molar-refractivity contribution in [2.45, 2.75) is 23.8 Å². The van der Waals surface area contributed by atoms with Crippen molar-refractivity contribution in [1.29, 1.82) is 0 Å². The van der Waals surface area contributed by atoms with Gasteiger partial charge in [0.1, 0.15) is 16.5 Å². The maximum Gasteiger partial charge on any atom is 0.243 e. The molecular weight excluding hydrogens is 525 g/mol. The second-order valence-corrected chi connectivity index (χ2v) is 11.2. The van der Waals surface area contributed by atoms with E-state index in [-0.39, 0.29) is 18.5 Å². The molecule has 3 aromatic rings. The lowest BCUT2D eigenvalue weighted by Gasteiger charge is -2.42. The first-order valence-corrected chi connectivity index (χ1v) is 13.2. The van der Waals surface area contributed by atoms with Gasteiger partial charge in [-0.1, -0.05) is 40.9 Å². The van der Waals surface area contributed by atoms with Gasteiger partial charge >= 0.3 is 0 Å². The van der Waals surface area contributed by atoms with Gasteiger partial charge < -0.3 is 4.90 Å². The first kappa shape index (κ1) is 25.2. The molecule has 34 heavy (non-hydrogen) atoms. The van der Waals surface area contributed by atoms with E-state index in [0.29, 0.717) is 40.5 Å². The number of nitrogens with zero attached hydrogens (tertiary/aromatic N) is 1. The Morgan fingerprint density at radius 1 is 0.912 bits per heavy atom. The van der Waals surface area contributed by atoms with Crippen LogP contribution in [-0.2, 0) is 10.0 Å². The van der Waals surface area contributed by atoms with Crippen LogP contribution in [0.1, 0.15) is 24.4 Å². The van der Waals surface area contributed by atoms with Gasteiger partial charge in [0, 0.05) is 33.8 Å². The van der Waals surface area contributed by atoms with Crippen molar-refractivity contribution in [3.05, 3.63) is 92.9 Å². The first-order valence-electron chi connectivity index (χ1n) is 10.6. The molecule has 0 radical (unpaired) electrons. The van der Waals surface area contributed by atoms with Gasteiger partial charge in [-0.3, -0.25) is 0 Å². The maximum atomic E-state index is 14.0. The summed E-state index contributed by atoms with van der Waals surface area (Å²) in [5, 5.41) is 1.69. The summed E-state index contributed by atoms with van der Waals surface area (Å²) in [4.78, 5) is 1.44. The van der Waals surface area contributed by atoms with E-state index in [1.54, 1.807) is 24.3 Å². The lowest BCUT2D eigenvalue weighted by atomic mass is 9.88. The maximum absolute atomic E-state index is 14.0. The van der Waals surface area contributed by atoms with Gasteiger partial charge in [-0.15, -0.1) is 0 Å². The summed E-state index contributed by atoms with van der Waals surface area (Å²) in [6.07, 6.45) is 1.40. The third-order valence-corrected chi connectivity index (χ3v) is 8.16. The van der Waals surface area contributed by atoms with Gasteiger partial charge in [0.25, 0.3) is 0 Å². The van der Waals surface area contributed by atoms with Crippen LogP contribution < -0.4 is 9.62 Å². The molecule has 1 saturated heterocycles. The number of hydrogen-bond donors (Lipinski definition) is 1. The third-order valence-electron chi connectivity index (χ3n) is 5.90. The van der Waals surface area contributed by atoms with Gasteiger partial charge in [0.05, 0.1) is 6.04 Å². The number of hydrogen-bond acceptors (Lipinski definition) is 3. The molecule has 3 aromatic carbocycles. The number of sulfonamides is 1. The van der Waals surface area contributed by atoms with Crippen molar-refractivity contribution in [3.63, 3.8) is 0 Å². The molecule has 1 aliphatic heterocycles. The van der Waals surface area contributed by atoms with Crippen LogP contribution >= 0.6 is 34.8 Å². The number of rotatable bonds is 6.